The molecule has 1 aliphatic rings. The first-order chi connectivity index (χ1) is 9.15. The Morgan fingerprint density at radius 3 is 2.63 bits per heavy atom. The Hall–Kier alpha value is -1.75. The van der Waals surface area contributed by atoms with Crippen molar-refractivity contribution in [3.8, 4) is 11.5 Å². The predicted molar refractivity (Wildman–Crippen MR) is 72.1 cm³/mol. The molecular weight excluding hydrogens is 244 g/mol. The summed E-state index contributed by atoms with van der Waals surface area (Å²) in [6.07, 6.45) is 4.19. The number of hydrogen-bond donors (Lipinski definition) is 3. The molecule has 104 valence electrons. The van der Waals surface area contributed by atoms with Gasteiger partial charge in [0.2, 0.25) is 0 Å². The summed E-state index contributed by atoms with van der Waals surface area (Å²) in [4.78, 5) is 14.2. The van der Waals surface area contributed by atoms with Crippen LogP contribution in [-0.2, 0) is 0 Å². The van der Waals surface area contributed by atoms with Gasteiger partial charge >= 0.3 is 0 Å². The highest BCUT2D eigenvalue weighted by molar-refractivity contribution is 5.97. The average molecular weight is 264 g/mol. The lowest BCUT2D eigenvalue weighted by Gasteiger charge is -2.29. The van der Waals surface area contributed by atoms with E-state index in [2.05, 4.69) is 0 Å². The Morgan fingerprint density at radius 1 is 1.32 bits per heavy atom. The molecule has 1 fully saturated rings. The van der Waals surface area contributed by atoms with Gasteiger partial charge in [0, 0.05) is 19.1 Å². The van der Waals surface area contributed by atoms with E-state index in [-0.39, 0.29) is 29.0 Å². The Morgan fingerprint density at radius 2 is 2.00 bits per heavy atom. The van der Waals surface area contributed by atoms with Crippen LogP contribution in [0.2, 0.25) is 0 Å². The SMILES string of the molecule is NCCN(C(=O)c1cccc(O)c1O)C1CCCC1. The molecule has 19 heavy (non-hydrogen) atoms. The summed E-state index contributed by atoms with van der Waals surface area (Å²) in [7, 11) is 0. The van der Waals surface area contributed by atoms with E-state index in [1.54, 1.807) is 11.0 Å². The van der Waals surface area contributed by atoms with Crippen molar-refractivity contribution in [2.45, 2.75) is 31.7 Å². The van der Waals surface area contributed by atoms with Crippen LogP contribution in [0.4, 0.5) is 0 Å². The molecule has 0 saturated heterocycles. The van der Waals surface area contributed by atoms with Crippen LogP contribution in [0.3, 0.4) is 0 Å². The molecule has 2 rings (SSSR count). The molecule has 0 radical (unpaired) electrons. The fraction of sp³-hybridized carbons (Fsp3) is 0.500. The molecular formula is C14H20N2O3. The lowest BCUT2D eigenvalue weighted by Crippen LogP contribution is -2.42. The molecule has 0 heterocycles. The number of nitrogens with zero attached hydrogens (tertiary/aromatic N) is 1. The van der Waals surface area contributed by atoms with Gasteiger partial charge in [-0.25, -0.2) is 0 Å². The van der Waals surface area contributed by atoms with Crippen molar-refractivity contribution in [1.29, 1.82) is 0 Å². The van der Waals surface area contributed by atoms with Crippen molar-refractivity contribution in [3.05, 3.63) is 23.8 Å². The van der Waals surface area contributed by atoms with Gasteiger partial charge in [0.25, 0.3) is 5.91 Å². The summed E-state index contributed by atoms with van der Waals surface area (Å²) in [5.41, 5.74) is 5.71. The van der Waals surface area contributed by atoms with E-state index in [0.29, 0.717) is 13.1 Å². The molecule has 0 bridgehead atoms. The molecule has 1 amide bonds. The minimum Gasteiger partial charge on any atom is -0.504 e. The molecule has 0 spiro atoms. The zero-order valence-corrected chi connectivity index (χ0v) is 10.9. The summed E-state index contributed by atoms with van der Waals surface area (Å²) in [6.45, 7) is 0.862. The molecule has 0 unspecified atom stereocenters. The quantitative estimate of drug-likeness (QED) is 0.718. The number of amides is 1. The smallest absolute Gasteiger partial charge is 0.258 e. The number of phenolic OH excluding ortho intramolecular Hbond substituents is 2. The number of aromatic hydroxyl groups is 2. The molecule has 1 aromatic carbocycles. The van der Waals surface area contributed by atoms with Crippen LogP contribution in [0, 0.1) is 0 Å². The molecule has 0 aromatic heterocycles. The average Bonchev–Trinajstić information content (AvgIpc) is 2.92. The molecule has 1 saturated carbocycles. The fourth-order valence-electron chi connectivity index (χ4n) is 2.66. The van der Waals surface area contributed by atoms with E-state index in [9.17, 15) is 15.0 Å². The number of carbonyl (C=O) groups is 1. The minimum absolute atomic E-state index is 0.139. The van der Waals surface area contributed by atoms with Crippen LogP contribution in [-0.4, -0.2) is 40.2 Å². The second kappa shape index (κ2) is 5.93. The molecule has 5 nitrogen and oxygen atoms in total. The van der Waals surface area contributed by atoms with E-state index in [1.165, 1.54) is 12.1 Å². The van der Waals surface area contributed by atoms with Crippen molar-refractivity contribution in [3.63, 3.8) is 0 Å². The third-order valence-electron chi connectivity index (χ3n) is 3.64. The topological polar surface area (TPSA) is 86.8 Å². The van der Waals surface area contributed by atoms with Crippen molar-refractivity contribution in [2.75, 3.05) is 13.1 Å². The third kappa shape index (κ3) is 2.81. The van der Waals surface area contributed by atoms with Crippen LogP contribution in [0.25, 0.3) is 0 Å². The number of carbonyl (C=O) groups excluding carboxylic acids is 1. The van der Waals surface area contributed by atoms with Gasteiger partial charge in [-0.2, -0.15) is 0 Å². The first-order valence-electron chi connectivity index (χ1n) is 6.67. The van der Waals surface area contributed by atoms with Crippen LogP contribution in [0.1, 0.15) is 36.0 Å². The van der Waals surface area contributed by atoms with Gasteiger partial charge in [-0.3, -0.25) is 4.79 Å². The Bertz CT molecular complexity index is 456. The van der Waals surface area contributed by atoms with Crippen LogP contribution >= 0.6 is 0 Å². The maximum absolute atomic E-state index is 12.5. The normalized spacial score (nSPS) is 15.6. The highest BCUT2D eigenvalue weighted by atomic mass is 16.3. The maximum Gasteiger partial charge on any atom is 0.258 e. The molecule has 0 aliphatic heterocycles. The minimum atomic E-state index is -0.354. The number of rotatable bonds is 4. The van der Waals surface area contributed by atoms with Gasteiger partial charge in [0.05, 0.1) is 5.56 Å². The molecule has 1 aromatic rings. The number of para-hydroxylation sites is 1. The van der Waals surface area contributed by atoms with Crippen LogP contribution in [0.5, 0.6) is 11.5 Å². The van der Waals surface area contributed by atoms with E-state index in [1.807, 2.05) is 0 Å². The summed E-state index contributed by atoms with van der Waals surface area (Å²) in [5.74, 6) is -0.886. The van der Waals surface area contributed by atoms with Crippen molar-refractivity contribution in [2.24, 2.45) is 5.73 Å². The molecule has 1 aliphatic carbocycles. The van der Waals surface area contributed by atoms with Crippen molar-refractivity contribution in [1.82, 2.24) is 4.90 Å². The van der Waals surface area contributed by atoms with Crippen LogP contribution in [0.15, 0.2) is 18.2 Å². The summed E-state index contributed by atoms with van der Waals surface area (Å²) in [5, 5.41) is 19.3. The lowest BCUT2D eigenvalue weighted by atomic mass is 10.1. The maximum atomic E-state index is 12.5. The first-order valence-corrected chi connectivity index (χ1v) is 6.67. The number of nitrogens with two attached hydrogens (primary N) is 1. The second-order valence-corrected chi connectivity index (χ2v) is 4.90. The Balaban J connectivity index is 2.25. The van der Waals surface area contributed by atoms with E-state index >= 15 is 0 Å². The van der Waals surface area contributed by atoms with Gasteiger partial charge in [-0.1, -0.05) is 18.9 Å². The van der Waals surface area contributed by atoms with Crippen LogP contribution < -0.4 is 5.73 Å². The highest BCUT2D eigenvalue weighted by Gasteiger charge is 2.28. The molecule has 5 heteroatoms. The van der Waals surface area contributed by atoms with Gasteiger partial charge in [-0.15, -0.1) is 0 Å². The highest BCUT2D eigenvalue weighted by Crippen LogP contribution is 2.31. The van der Waals surface area contributed by atoms with Gasteiger partial charge in [0.15, 0.2) is 11.5 Å². The Kier molecular flexibility index (Phi) is 4.27. The second-order valence-electron chi connectivity index (χ2n) is 4.90. The fourth-order valence-corrected chi connectivity index (χ4v) is 2.66. The lowest BCUT2D eigenvalue weighted by molar-refractivity contribution is 0.0684. The monoisotopic (exact) mass is 264 g/mol. The number of benzene rings is 1. The number of hydrogen-bond acceptors (Lipinski definition) is 4. The Labute approximate surface area is 112 Å². The van der Waals surface area contributed by atoms with Gasteiger partial charge in [0.1, 0.15) is 0 Å². The number of phenols is 2. The van der Waals surface area contributed by atoms with E-state index < -0.39 is 0 Å². The summed E-state index contributed by atoms with van der Waals surface area (Å²) >= 11 is 0. The van der Waals surface area contributed by atoms with E-state index in [4.69, 9.17) is 5.73 Å². The summed E-state index contributed by atoms with van der Waals surface area (Å²) < 4.78 is 0. The molecule has 0 atom stereocenters. The van der Waals surface area contributed by atoms with Crippen molar-refractivity contribution >= 4 is 5.91 Å². The zero-order chi connectivity index (χ0) is 13.8. The third-order valence-corrected chi connectivity index (χ3v) is 3.64. The predicted octanol–water partition coefficient (Wildman–Crippen LogP) is 1.44. The zero-order valence-electron chi connectivity index (χ0n) is 10.9. The largest absolute Gasteiger partial charge is 0.504 e. The molecule has 4 N–H and O–H groups in total. The first kappa shape index (κ1) is 13.7. The standard InChI is InChI=1S/C14H20N2O3/c15-8-9-16(10-4-1-2-5-10)14(19)11-6-3-7-12(17)13(11)18/h3,6-7,10,17-18H,1-2,4-5,8-9,15H2. The van der Waals surface area contributed by atoms with Gasteiger partial charge in [-0.05, 0) is 25.0 Å². The van der Waals surface area contributed by atoms with E-state index in [0.717, 1.165) is 25.7 Å². The summed E-state index contributed by atoms with van der Waals surface area (Å²) in [6, 6.07) is 4.63. The van der Waals surface area contributed by atoms with Gasteiger partial charge < -0.3 is 20.8 Å². The van der Waals surface area contributed by atoms with Crippen molar-refractivity contribution < 1.29 is 15.0 Å².